The number of halogens is 3. The summed E-state index contributed by atoms with van der Waals surface area (Å²) >= 11 is 0. The Kier molecular flexibility index (Phi) is 3.24. The number of anilines is 1. The van der Waals surface area contributed by atoms with Gasteiger partial charge in [-0.2, -0.15) is 13.2 Å². The summed E-state index contributed by atoms with van der Waals surface area (Å²) < 4.78 is 41.3. The fourth-order valence-electron chi connectivity index (χ4n) is 1.43. The SMILES string of the molecule is Cc1cc(-c2nnco2)ccc1NC(=O)C(F)(F)F. The number of benzene rings is 1. The first-order chi connectivity index (χ1) is 8.88. The number of alkyl halides is 3. The van der Waals surface area contributed by atoms with E-state index in [1.807, 2.05) is 0 Å². The molecule has 0 saturated heterocycles. The van der Waals surface area contributed by atoms with E-state index in [0.717, 1.165) is 6.39 Å². The van der Waals surface area contributed by atoms with Gasteiger partial charge in [0.05, 0.1) is 0 Å². The molecule has 0 aliphatic heterocycles. The lowest BCUT2D eigenvalue weighted by atomic mass is 10.1. The average Bonchev–Trinajstić information content (AvgIpc) is 2.84. The van der Waals surface area contributed by atoms with Crippen molar-refractivity contribution in [2.24, 2.45) is 0 Å². The minimum absolute atomic E-state index is 0.0746. The Bertz CT molecular complexity index is 594. The molecule has 0 atom stereocenters. The van der Waals surface area contributed by atoms with Crippen molar-refractivity contribution >= 4 is 11.6 Å². The maximum atomic E-state index is 12.1. The van der Waals surface area contributed by atoms with Crippen LogP contribution in [0.2, 0.25) is 0 Å². The molecule has 100 valence electrons. The number of amides is 1. The summed E-state index contributed by atoms with van der Waals surface area (Å²) in [4.78, 5) is 10.8. The highest BCUT2D eigenvalue weighted by atomic mass is 19.4. The zero-order valence-electron chi connectivity index (χ0n) is 9.65. The number of aryl methyl sites for hydroxylation is 1. The third-order valence-electron chi connectivity index (χ3n) is 2.34. The van der Waals surface area contributed by atoms with Crippen LogP contribution < -0.4 is 5.32 Å². The molecule has 2 rings (SSSR count). The topological polar surface area (TPSA) is 68.0 Å². The second kappa shape index (κ2) is 4.71. The number of hydrogen-bond donors (Lipinski definition) is 1. The van der Waals surface area contributed by atoms with Crippen molar-refractivity contribution in [3.63, 3.8) is 0 Å². The quantitative estimate of drug-likeness (QED) is 0.911. The fraction of sp³-hybridized carbons (Fsp3) is 0.182. The second-order valence-corrected chi connectivity index (χ2v) is 3.73. The van der Waals surface area contributed by atoms with Crippen molar-refractivity contribution in [3.05, 3.63) is 30.2 Å². The molecular weight excluding hydrogens is 263 g/mol. The lowest BCUT2D eigenvalue weighted by Gasteiger charge is -2.10. The van der Waals surface area contributed by atoms with Crippen LogP contribution >= 0.6 is 0 Å². The maximum Gasteiger partial charge on any atom is 0.471 e. The third-order valence-corrected chi connectivity index (χ3v) is 2.34. The molecule has 0 fully saturated rings. The zero-order valence-corrected chi connectivity index (χ0v) is 9.65. The normalized spacial score (nSPS) is 11.4. The molecule has 5 nitrogen and oxygen atoms in total. The number of aromatic nitrogens is 2. The Labute approximate surface area is 105 Å². The van der Waals surface area contributed by atoms with E-state index in [-0.39, 0.29) is 11.6 Å². The van der Waals surface area contributed by atoms with Gasteiger partial charge in [0.15, 0.2) is 0 Å². The van der Waals surface area contributed by atoms with E-state index in [2.05, 4.69) is 10.2 Å². The van der Waals surface area contributed by atoms with E-state index in [0.29, 0.717) is 11.1 Å². The van der Waals surface area contributed by atoms with Crippen LogP contribution in [0.15, 0.2) is 29.0 Å². The van der Waals surface area contributed by atoms with Crippen LogP contribution in [-0.4, -0.2) is 22.3 Å². The largest absolute Gasteiger partial charge is 0.471 e. The molecule has 0 saturated carbocycles. The van der Waals surface area contributed by atoms with Crippen molar-refractivity contribution in [1.82, 2.24) is 10.2 Å². The van der Waals surface area contributed by atoms with E-state index in [1.54, 1.807) is 18.3 Å². The van der Waals surface area contributed by atoms with E-state index in [4.69, 9.17) is 4.42 Å². The summed E-state index contributed by atoms with van der Waals surface area (Å²) in [6, 6.07) is 4.37. The van der Waals surface area contributed by atoms with Crippen LogP contribution in [0.3, 0.4) is 0 Å². The van der Waals surface area contributed by atoms with Gasteiger partial charge in [0.25, 0.3) is 0 Å². The van der Waals surface area contributed by atoms with Gasteiger partial charge < -0.3 is 9.73 Å². The summed E-state index contributed by atoms with van der Waals surface area (Å²) in [5.74, 6) is -1.77. The molecule has 0 spiro atoms. The van der Waals surface area contributed by atoms with Gasteiger partial charge in [0.1, 0.15) is 0 Å². The van der Waals surface area contributed by atoms with Crippen molar-refractivity contribution in [3.8, 4) is 11.5 Å². The minimum atomic E-state index is -4.92. The van der Waals surface area contributed by atoms with Crippen LogP contribution in [0.25, 0.3) is 11.5 Å². The van der Waals surface area contributed by atoms with Crippen LogP contribution in [-0.2, 0) is 4.79 Å². The Morgan fingerprint density at radius 1 is 1.37 bits per heavy atom. The molecule has 0 bridgehead atoms. The van der Waals surface area contributed by atoms with Crippen molar-refractivity contribution in [1.29, 1.82) is 0 Å². The first-order valence-electron chi connectivity index (χ1n) is 5.13. The second-order valence-electron chi connectivity index (χ2n) is 3.73. The molecule has 0 aliphatic rings. The highest BCUT2D eigenvalue weighted by molar-refractivity contribution is 5.95. The lowest BCUT2D eigenvalue weighted by molar-refractivity contribution is -0.167. The van der Waals surface area contributed by atoms with E-state index < -0.39 is 12.1 Å². The zero-order chi connectivity index (χ0) is 14.0. The summed E-state index contributed by atoms with van der Waals surface area (Å²) in [5, 5.41) is 8.96. The van der Waals surface area contributed by atoms with E-state index in [1.165, 1.54) is 12.1 Å². The number of nitrogens with one attached hydrogen (secondary N) is 1. The molecular formula is C11H8F3N3O2. The minimum Gasteiger partial charge on any atom is -0.423 e. The smallest absolute Gasteiger partial charge is 0.423 e. The molecule has 2 aromatic rings. The number of carbonyl (C=O) groups excluding carboxylic acids is 1. The summed E-state index contributed by atoms with van der Waals surface area (Å²) in [6.07, 6.45) is -3.78. The van der Waals surface area contributed by atoms with Gasteiger partial charge in [-0.05, 0) is 30.7 Å². The predicted molar refractivity (Wildman–Crippen MR) is 59.2 cm³/mol. The van der Waals surface area contributed by atoms with Crippen LogP contribution in [0.4, 0.5) is 18.9 Å². The molecule has 1 N–H and O–H groups in total. The molecule has 1 heterocycles. The monoisotopic (exact) mass is 271 g/mol. The van der Waals surface area contributed by atoms with Crippen LogP contribution in [0, 0.1) is 6.92 Å². The van der Waals surface area contributed by atoms with E-state index in [9.17, 15) is 18.0 Å². The van der Waals surface area contributed by atoms with Gasteiger partial charge in [-0.3, -0.25) is 4.79 Å². The first kappa shape index (κ1) is 13.1. The Morgan fingerprint density at radius 2 is 2.11 bits per heavy atom. The molecule has 0 unspecified atom stereocenters. The lowest BCUT2D eigenvalue weighted by Crippen LogP contribution is -2.30. The summed E-state index contributed by atoms with van der Waals surface area (Å²) in [6.45, 7) is 1.56. The Morgan fingerprint density at radius 3 is 2.63 bits per heavy atom. The van der Waals surface area contributed by atoms with Crippen LogP contribution in [0.1, 0.15) is 5.56 Å². The Hall–Kier alpha value is -2.38. The van der Waals surface area contributed by atoms with Gasteiger partial charge in [0.2, 0.25) is 12.3 Å². The summed E-state index contributed by atoms with van der Waals surface area (Å²) in [7, 11) is 0. The van der Waals surface area contributed by atoms with Gasteiger partial charge in [0, 0.05) is 11.3 Å². The van der Waals surface area contributed by atoms with Crippen molar-refractivity contribution in [2.75, 3.05) is 5.32 Å². The highest BCUT2D eigenvalue weighted by Gasteiger charge is 2.38. The highest BCUT2D eigenvalue weighted by Crippen LogP contribution is 2.25. The number of carbonyl (C=O) groups is 1. The van der Waals surface area contributed by atoms with E-state index >= 15 is 0 Å². The predicted octanol–water partition coefficient (Wildman–Crippen LogP) is 2.55. The van der Waals surface area contributed by atoms with Gasteiger partial charge >= 0.3 is 12.1 Å². The Balaban J connectivity index is 2.23. The van der Waals surface area contributed by atoms with Crippen molar-refractivity contribution in [2.45, 2.75) is 13.1 Å². The number of nitrogens with zero attached hydrogens (tertiary/aromatic N) is 2. The average molecular weight is 271 g/mol. The third kappa shape index (κ3) is 2.90. The van der Waals surface area contributed by atoms with Gasteiger partial charge in [-0.1, -0.05) is 0 Å². The standard InChI is InChI=1S/C11H8F3N3O2/c1-6-4-7(9-17-15-5-19-9)2-3-8(6)16-10(18)11(12,13)14/h2-5H,1H3,(H,16,18). The maximum absolute atomic E-state index is 12.1. The van der Waals surface area contributed by atoms with Crippen molar-refractivity contribution < 1.29 is 22.4 Å². The molecule has 19 heavy (non-hydrogen) atoms. The number of hydrogen-bond acceptors (Lipinski definition) is 4. The van der Waals surface area contributed by atoms with Crippen LogP contribution in [0.5, 0.6) is 0 Å². The molecule has 1 amide bonds. The van der Waals surface area contributed by atoms with Gasteiger partial charge in [-0.25, -0.2) is 0 Å². The molecule has 1 aromatic heterocycles. The molecule has 0 radical (unpaired) electrons. The summed E-state index contributed by atoms with van der Waals surface area (Å²) in [5.41, 5.74) is 1.08. The van der Waals surface area contributed by atoms with Gasteiger partial charge in [-0.15, -0.1) is 10.2 Å². The first-order valence-corrected chi connectivity index (χ1v) is 5.13. The fourth-order valence-corrected chi connectivity index (χ4v) is 1.43. The molecule has 0 aliphatic carbocycles. The molecule has 8 heteroatoms. The number of rotatable bonds is 2. The molecule has 1 aromatic carbocycles.